The van der Waals surface area contributed by atoms with Gasteiger partial charge >= 0.3 is 5.97 Å². The number of benzene rings is 2. The number of nitrogens with two attached hydrogens (primary N) is 1. The number of ether oxygens (including phenoxy) is 3. The molecular formula is C18H20ClNO6S. The van der Waals surface area contributed by atoms with E-state index >= 15 is 0 Å². The number of esters is 1. The maximum atomic E-state index is 12.0. The zero-order valence-electron chi connectivity index (χ0n) is 14.7. The number of sulfonamides is 1. The van der Waals surface area contributed by atoms with Gasteiger partial charge < -0.3 is 14.2 Å². The Hall–Kier alpha value is -2.29. The zero-order chi connectivity index (χ0) is 19.9. The summed E-state index contributed by atoms with van der Waals surface area (Å²) in [5, 5.41) is 4.99. The highest BCUT2D eigenvalue weighted by Crippen LogP contribution is 2.22. The van der Waals surface area contributed by atoms with Crippen LogP contribution in [0.25, 0.3) is 0 Å². The molecule has 0 saturated carbocycles. The largest absolute Gasteiger partial charge is 0.494 e. The molecule has 2 N–H and O–H groups in total. The van der Waals surface area contributed by atoms with E-state index in [-0.39, 0.29) is 28.7 Å². The Bertz CT molecular complexity index is 883. The summed E-state index contributed by atoms with van der Waals surface area (Å²) in [4.78, 5) is 11.7. The van der Waals surface area contributed by atoms with Crippen molar-refractivity contribution in [3.8, 4) is 11.5 Å². The Kier molecular flexibility index (Phi) is 7.46. The summed E-state index contributed by atoms with van der Waals surface area (Å²) in [6, 6.07) is 10.8. The van der Waals surface area contributed by atoms with Crippen LogP contribution in [-0.2, 0) is 14.8 Å². The minimum Gasteiger partial charge on any atom is -0.494 e. The van der Waals surface area contributed by atoms with E-state index in [1.807, 2.05) is 6.92 Å². The van der Waals surface area contributed by atoms with Crippen molar-refractivity contribution in [2.75, 3.05) is 19.8 Å². The van der Waals surface area contributed by atoms with E-state index in [9.17, 15) is 13.2 Å². The van der Waals surface area contributed by atoms with Crippen molar-refractivity contribution in [3.05, 3.63) is 53.1 Å². The molecule has 0 saturated heterocycles. The quantitative estimate of drug-likeness (QED) is 0.500. The van der Waals surface area contributed by atoms with Gasteiger partial charge in [0, 0.05) is 0 Å². The minimum absolute atomic E-state index is 0.0136. The van der Waals surface area contributed by atoms with E-state index in [1.165, 1.54) is 12.1 Å². The molecule has 2 rings (SSSR count). The Morgan fingerprint density at radius 3 is 2.15 bits per heavy atom. The molecule has 0 unspecified atom stereocenters. The first-order valence-electron chi connectivity index (χ1n) is 8.16. The smallest absolute Gasteiger partial charge is 0.338 e. The average Bonchev–Trinajstić information content (AvgIpc) is 2.63. The third kappa shape index (κ3) is 6.42. The van der Waals surface area contributed by atoms with Crippen LogP contribution in [0.3, 0.4) is 0 Å². The summed E-state index contributed by atoms with van der Waals surface area (Å²) < 4.78 is 38.9. The Morgan fingerprint density at radius 2 is 1.59 bits per heavy atom. The van der Waals surface area contributed by atoms with Crippen LogP contribution in [0.5, 0.6) is 11.5 Å². The Labute approximate surface area is 163 Å². The van der Waals surface area contributed by atoms with Crippen LogP contribution in [0.2, 0.25) is 5.02 Å². The van der Waals surface area contributed by atoms with Crippen molar-refractivity contribution in [3.63, 3.8) is 0 Å². The third-order valence-corrected chi connectivity index (χ3v) is 4.75. The number of rotatable bonds is 9. The number of carbonyl (C=O) groups is 1. The van der Waals surface area contributed by atoms with Crippen molar-refractivity contribution in [2.45, 2.75) is 18.2 Å². The molecule has 27 heavy (non-hydrogen) atoms. The number of hydrogen-bond donors (Lipinski definition) is 1. The third-order valence-electron chi connectivity index (χ3n) is 3.36. The van der Waals surface area contributed by atoms with Gasteiger partial charge in [0.2, 0.25) is 10.0 Å². The first-order valence-corrected chi connectivity index (χ1v) is 10.1. The van der Waals surface area contributed by atoms with Gasteiger partial charge in [-0.3, -0.25) is 0 Å². The van der Waals surface area contributed by atoms with E-state index in [4.69, 9.17) is 31.0 Å². The summed E-state index contributed by atoms with van der Waals surface area (Å²) >= 11 is 5.78. The predicted octanol–water partition coefficient (Wildman–Crippen LogP) is 3.01. The van der Waals surface area contributed by atoms with E-state index < -0.39 is 16.0 Å². The van der Waals surface area contributed by atoms with Gasteiger partial charge in [-0.2, -0.15) is 0 Å². The van der Waals surface area contributed by atoms with Crippen LogP contribution in [0, 0.1) is 0 Å². The van der Waals surface area contributed by atoms with Gasteiger partial charge in [0.15, 0.2) is 0 Å². The molecule has 2 aromatic rings. The van der Waals surface area contributed by atoms with Crippen LogP contribution in [-0.4, -0.2) is 34.2 Å². The molecule has 0 aliphatic carbocycles. The molecule has 0 aromatic heterocycles. The van der Waals surface area contributed by atoms with Gasteiger partial charge in [-0.25, -0.2) is 18.4 Å². The number of halogens is 1. The predicted molar refractivity (Wildman–Crippen MR) is 101 cm³/mol. The summed E-state index contributed by atoms with van der Waals surface area (Å²) in [5.74, 6) is 0.658. The van der Waals surface area contributed by atoms with E-state index in [1.54, 1.807) is 24.3 Å². The SMILES string of the molecule is CCCOc1ccc(OCCOC(=O)c2ccc(Cl)c(S(N)(=O)=O)c2)cc1. The molecule has 0 radical (unpaired) electrons. The van der Waals surface area contributed by atoms with Gasteiger partial charge in [-0.05, 0) is 48.9 Å². The van der Waals surface area contributed by atoms with E-state index in [2.05, 4.69) is 0 Å². The summed E-state index contributed by atoms with van der Waals surface area (Å²) in [6.07, 6.45) is 0.927. The van der Waals surface area contributed by atoms with Crippen LogP contribution in [0.4, 0.5) is 0 Å². The van der Waals surface area contributed by atoms with Crippen molar-refractivity contribution < 1.29 is 27.4 Å². The highest BCUT2D eigenvalue weighted by atomic mass is 35.5. The second-order valence-corrected chi connectivity index (χ2v) is 7.43. The Morgan fingerprint density at radius 1 is 1.00 bits per heavy atom. The lowest BCUT2D eigenvalue weighted by atomic mass is 10.2. The molecule has 0 aliphatic heterocycles. The standard InChI is InChI=1S/C18H20ClNO6S/c1-2-9-24-14-4-6-15(7-5-14)25-10-11-26-18(21)13-3-8-16(19)17(12-13)27(20,22)23/h3-8,12H,2,9-11H2,1H3,(H2,20,22,23). The topological polar surface area (TPSA) is 105 Å². The molecule has 2 aromatic carbocycles. The van der Waals surface area contributed by atoms with E-state index in [0.717, 1.165) is 18.2 Å². The van der Waals surface area contributed by atoms with Crippen molar-refractivity contribution in [1.82, 2.24) is 0 Å². The normalized spacial score (nSPS) is 11.1. The zero-order valence-corrected chi connectivity index (χ0v) is 16.3. The highest BCUT2D eigenvalue weighted by Gasteiger charge is 2.17. The molecule has 0 heterocycles. The first-order chi connectivity index (χ1) is 12.8. The molecule has 0 atom stereocenters. The van der Waals surface area contributed by atoms with Gasteiger partial charge in [-0.15, -0.1) is 0 Å². The molecule has 0 aliphatic rings. The fourth-order valence-corrected chi connectivity index (χ4v) is 3.15. The minimum atomic E-state index is -4.03. The summed E-state index contributed by atoms with van der Waals surface area (Å²) in [7, 11) is -4.03. The van der Waals surface area contributed by atoms with Crippen LogP contribution >= 0.6 is 11.6 Å². The number of primary sulfonamides is 1. The summed E-state index contributed by atoms with van der Waals surface area (Å²) in [6.45, 7) is 2.80. The fraction of sp³-hybridized carbons (Fsp3) is 0.278. The highest BCUT2D eigenvalue weighted by molar-refractivity contribution is 7.89. The molecule has 0 fully saturated rings. The lowest BCUT2D eigenvalue weighted by Crippen LogP contribution is -2.15. The van der Waals surface area contributed by atoms with Gasteiger partial charge in [0.05, 0.1) is 17.2 Å². The second kappa shape index (κ2) is 9.59. The van der Waals surface area contributed by atoms with Gasteiger partial charge in [0.25, 0.3) is 0 Å². The molecular weight excluding hydrogens is 394 g/mol. The maximum Gasteiger partial charge on any atom is 0.338 e. The summed E-state index contributed by atoms with van der Waals surface area (Å²) in [5.41, 5.74) is 0.0286. The van der Waals surface area contributed by atoms with Gasteiger partial charge in [-0.1, -0.05) is 18.5 Å². The van der Waals surface area contributed by atoms with E-state index in [0.29, 0.717) is 12.4 Å². The lowest BCUT2D eigenvalue weighted by Gasteiger charge is -2.09. The molecule has 9 heteroatoms. The number of carbonyl (C=O) groups excluding carboxylic acids is 1. The monoisotopic (exact) mass is 413 g/mol. The lowest BCUT2D eigenvalue weighted by molar-refractivity contribution is 0.0450. The Balaban J connectivity index is 1.84. The molecule has 7 nitrogen and oxygen atoms in total. The van der Waals surface area contributed by atoms with Crippen molar-refractivity contribution >= 4 is 27.6 Å². The van der Waals surface area contributed by atoms with Crippen molar-refractivity contribution in [2.24, 2.45) is 5.14 Å². The molecule has 0 spiro atoms. The second-order valence-electron chi connectivity index (χ2n) is 5.49. The average molecular weight is 414 g/mol. The molecule has 0 bridgehead atoms. The van der Waals surface area contributed by atoms with Crippen molar-refractivity contribution in [1.29, 1.82) is 0 Å². The maximum absolute atomic E-state index is 12.0. The van der Waals surface area contributed by atoms with Gasteiger partial charge in [0.1, 0.15) is 29.6 Å². The van der Waals surface area contributed by atoms with Crippen LogP contribution < -0.4 is 14.6 Å². The fourth-order valence-electron chi connectivity index (χ4n) is 2.08. The molecule has 0 amide bonds. The van der Waals surface area contributed by atoms with Crippen LogP contribution in [0.15, 0.2) is 47.4 Å². The molecule has 146 valence electrons. The number of hydrogen-bond acceptors (Lipinski definition) is 6. The first kappa shape index (κ1) is 21.0. The van der Waals surface area contributed by atoms with Crippen LogP contribution in [0.1, 0.15) is 23.7 Å².